The van der Waals surface area contributed by atoms with E-state index in [0.29, 0.717) is 22.6 Å². The van der Waals surface area contributed by atoms with Gasteiger partial charge >= 0.3 is 0 Å². The number of nitrogens with zero attached hydrogens (tertiary/aromatic N) is 1. The first-order valence-electron chi connectivity index (χ1n) is 6.00. The minimum atomic E-state index is -0.0737. The molecular weight excluding hydrogens is 318 g/mol. The predicted octanol–water partition coefficient (Wildman–Crippen LogP) is 4.62. The molecule has 0 unspecified atom stereocenters. The zero-order valence-corrected chi connectivity index (χ0v) is 12.7. The smallest absolute Gasteiger partial charge is 0.163 e. The zero-order chi connectivity index (χ0) is 14.7. The molecule has 20 heavy (non-hydrogen) atoms. The number of carbonyl (C=O) groups excluding carboxylic acids is 1. The molecule has 100 valence electrons. The maximum atomic E-state index is 11.7. The quantitative estimate of drug-likeness (QED) is 0.771. The van der Waals surface area contributed by atoms with E-state index in [1.165, 1.54) is 6.92 Å². The monoisotopic (exact) mass is 329 g/mol. The maximum absolute atomic E-state index is 11.7. The van der Waals surface area contributed by atoms with Gasteiger partial charge in [0.2, 0.25) is 0 Å². The van der Waals surface area contributed by atoms with Gasteiger partial charge < -0.3 is 4.74 Å². The van der Waals surface area contributed by atoms with Crippen LogP contribution in [0.25, 0.3) is 0 Å². The van der Waals surface area contributed by atoms with E-state index in [2.05, 4.69) is 22.0 Å². The number of rotatable bonds is 3. The SMILES string of the molecule is CC(=O)c1cc(Br)ccc1Oc1cc(C#N)ccc1C. The fourth-order valence-corrected chi connectivity index (χ4v) is 2.13. The molecule has 2 rings (SSSR count). The highest BCUT2D eigenvalue weighted by atomic mass is 79.9. The van der Waals surface area contributed by atoms with Gasteiger partial charge in [0.15, 0.2) is 5.78 Å². The van der Waals surface area contributed by atoms with E-state index < -0.39 is 0 Å². The van der Waals surface area contributed by atoms with Crippen molar-refractivity contribution < 1.29 is 9.53 Å². The van der Waals surface area contributed by atoms with Crippen LogP contribution in [0.3, 0.4) is 0 Å². The summed E-state index contributed by atoms with van der Waals surface area (Å²) in [6.07, 6.45) is 0. The van der Waals surface area contributed by atoms with E-state index >= 15 is 0 Å². The second-order valence-corrected chi connectivity index (χ2v) is 5.31. The summed E-state index contributed by atoms with van der Waals surface area (Å²) >= 11 is 3.34. The fraction of sp³-hybridized carbons (Fsp3) is 0.125. The van der Waals surface area contributed by atoms with Gasteiger partial charge in [-0.15, -0.1) is 0 Å². The number of carbonyl (C=O) groups is 1. The molecule has 0 N–H and O–H groups in total. The molecule has 0 spiro atoms. The Morgan fingerprint density at radius 3 is 2.60 bits per heavy atom. The number of aryl methyl sites for hydroxylation is 1. The van der Waals surface area contributed by atoms with Crippen LogP contribution in [0.5, 0.6) is 11.5 Å². The molecule has 0 aromatic heterocycles. The average molecular weight is 330 g/mol. The largest absolute Gasteiger partial charge is 0.456 e. The number of benzene rings is 2. The van der Waals surface area contributed by atoms with Crippen molar-refractivity contribution in [2.24, 2.45) is 0 Å². The topological polar surface area (TPSA) is 50.1 Å². The van der Waals surface area contributed by atoms with Crippen LogP contribution in [0.15, 0.2) is 40.9 Å². The Labute approximate surface area is 125 Å². The number of Topliss-reactive ketones (excluding diaryl/α,β-unsaturated/α-hetero) is 1. The zero-order valence-electron chi connectivity index (χ0n) is 11.1. The van der Waals surface area contributed by atoms with E-state index in [9.17, 15) is 4.79 Å². The second-order valence-electron chi connectivity index (χ2n) is 4.39. The second kappa shape index (κ2) is 5.89. The Morgan fingerprint density at radius 1 is 1.20 bits per heavy atom. The lowest BCUT2D eigenvalue weighted by Crippen LogP contribution is -1.98. The number of hydrogen-bond donors (Lipinski definition) is 0. The van der Waals surface area contributed by atoms with Crippen molar-refractivity contribution in [3.05, 3.63) is 57.6 Å². The molecule has 0 heterocycles. The van der Waals surface area contributed by atoms with Crippen LogP contribution in [0, 0.1) is 18.3 Å². The third-order valence-electron chi connectivity index (χ3n) is 2.86. The van der Waals surface area contributed by atoms with Gasteiger partial charge in [-0.3, -0.25) is 4.79 Å². The van der Waals surface area contributed by atoms with E-state index in [1.54, 1.807) is 24.3 Å². The van der Waals surface area contributed by atoms with Gasteiger partial charge in [0, 0.05) is 4.47 Å². The van der Waals surface area contributed by atoms with Crippen LogP contribution >= 0.6 is 15.9 Å². The first-order valence-corrected chi connectivity index (χ1v) is 6.79. The molecule has 0 aliphatic carbocycles. The van der Waals surface area contributed by atoms with Gasteiger partial charge in [-0.05, 0) is 49.7 Å². The highest BCUT2D eigenvalue weighted by molar-refractivity contribution is 9.10. The minimum absolute atomic E-state index is 0.0737. The lowest BCUT2D eigenvalue weighted by molar-refractivity contribution is 0.101. The Hall–Kier alpha value is -2.12. The maximum Gasteiger partial charge on any atom is 0.163 e. The summed E-state index contributed by atoms with van der Waals surface area (Å²) in [6.45, 7) is 3.38. The average Bonchev–Trinajstić information content (AvgIpc) is 2.42. The van der Waals surface area contributed by atoms with Crippen LogP contribution in [-0.2, 0) is 0 Å². The van der Waals surface area contributed by atoms with Crippen LogP contribution in [-0.4, -0.2) is 5.78 Å². The molecule has 4 heteroatoms. The van der Waals surface area contributed by atoms with Crippen molar-refractivity contribution >= 4 is 21.7 Å². The normalized spacial score (nSPS) is 9.90. The molecule has 0 fully saturated rings. The fourth-order valence-electron chi connectivity index (χ4n) is 1.76. The van der Waals surface area contributed by atoms with E-state index in [1.807, 2.05) is 19.1 Å². The summed E-state index contributed by atoms with van der Waals surface area (Å²) < 4.78 is 6.62. The van der Waals surface area contributed by atoms with Gasteiger partial charge in [-0.1, -0.05) is 22.0 Å². The third-order valence-corrected chi connectivity index (χ3v) is 3.35. The van der Waals surface area contributed by atoms with Gasteiger partial charge in [-0.25, -0.2) is 0 Å². The van der Waals surface area contributed by atoms with E-state index in [4.69, 9.17) is 10.00 Å². The minimum Gasteiger partial charge on any atom is -0.456 e. The van der Waals surface area contributed by atoms with Crippen molar-refractivity contribution in [1.29, 1.82) is 5.26 Å². The van der Waals surface area contributed by atoms with Crippen molar-refractivity contribution in [1.82, 2.24) is 0 Å². The lowest BCUT2D eigenvalue weighted by atomic mass is 10.1. The Balaban J connectivity index is 2.45. The molecule has 2 aromatic rings. The number of halogens is 1. The van der Waals surface area contributed by atoms with Crippen molar-refractivity contribution in [2.75, 3.05) is 0 Å². The van der Waals surface area contributed by atoms with Gasteiger partial charge in [0.05, 0.1) is 17.2 Å². The van der Waals surface area contributed by atoms with Gasteiger partial charge in [0.25, 0.3) is 0 Å². The Kier molecular flexibility index (Phi) is 4.21. The highest BCUT2D eigenvalue weighted by Crippen LogP contribution is 2.30. The molecule has 0 radical (unpaired) electrons. The molecule has 0 amide bonds. The lowest BCUT2D eigenvalue weighted by Gasteiger charge is -2.12. The Morgan fingerprint density at radius 2 is 1.95 bits per heavy atom. The molecular formula is C16H12BrNO2. The number of ketones is 1. The molecule has 0 saturated carbocycles. The predicted molar refractivity (Wildman–Crippen MR) is 80.1 cm³/mol. The Bertz CT molecular complexity index is 717. The molecule has 0 atom stereocenters. The summed E-state index contributed by atoms with van der Waals surface area (Å²) in [6, 6.07) is 12.6. The van der Waals surface area contributed by atoms with Gasteiger partial charge in [-0.2, -0.15) is 5.26 Å². The molecule has 0 aliphatic rings. The summed E-state index contributed by atoms with van der Waals surface area (Å²) in [7, 11) is 0. The number of hydrogen-bond acceptors (Lipinski definition) is 3. The van der Waals surface area contributed by atoms with Crippen LogP contribution in [0.1, 0.15) is 28.4 Å². The first-order chi connectivity index (χ1) is 9.51. The highest BCUT2D eigenvalue weighted by Gasteiger charge is 2.11. The van der Waals surface area contributed by atoms with Crippen LogP contribution < -0.4 is 4.74 Å². The first kappa shape index (κ1) is 14.3. The summed E-state index contributed by atoms with van der Waals surface area (Å²) in [5.74, 6) is 0.989. The van der Waals surface area contributed by atoms with Crippen molar-refractivity contribution in [3.63, 3.8) is 0 Å². The van der Waals surface area contributed by atoms with Crippen molar-refractivity contribution in [2.45, 2.75) is 13.8 Å². The van der Waals surface area contributed by atoms with E-state index in [-0.39, 0.29) is 5.78 Å². The molecule has 0 aliphatic heterocycles. The van der Waals surface area contributed by atoms with Crippen LogP contribution in [0.2, 0.25) is 0 Å². The molecule has 0 bridgehead atoms. The third kappa shape index (κ3) is 3.06. The van der Waals surface area contributed by atoms with Gasteiger partial charge in [0.1, 0.15) is 11.5 Å². The summed E-state index contributed by atoms with van der Waals surface area (Å²) in [5.41, 5.74) is 1.93. The number of nitriles is 1. The number of ether oxygens (including phenoxy) is 1. The van der Waals surface area contributed by atoms with Crippen molar-refractivity contribution in [3.8, 4) is 17.6 Å². The molecule has 0 saturated heterocycles. The van der Waals surface area contributed by atoms with Crippen LogP contribution in [0.4, 0.5) is 0 Å². The molecule has 3 nitrogen and oxygen atoms in total. The summed E-state index contributed by atoms with van der Waals surface area (Å²) in [5, 5.41) is 8.93. The summed E-state index contributed by atoms with van der Waals surface area (Å²) in [4.78, 5) is 11.7. The standard InChI is InChI=1S/C16H12BrNO2/c1-10-3-4-12(9-18)7-16(10)20-15-6-5-13(17)8-14(15)11(2)19/h3-8H,1-2H3. The van der Waals surface area contributed by atoms with E-state index in [0.717, 1.165) is 10.0 Å². The molecule has 2 aromatic carbocycles.